The van der Waals surface area contributed by atoms with Gasteiger partial charge >= 0.3 is 5.97 Å². The van der Waals surface area contributed by atoms with Gasteiger partial charge in [0.05, 0.1) is 6.61 Å². The van der Waals surface area contributed by atoms with Crippen molar-refractivity contribution in [1.82, 2.24) is 5.43 Å². The molecule has 22 heavy (non-hydrogen) atoms. The lowest BCUT2D eigenvalue weighted by Gasteiger charge is -2.11. The SMILES string of the molecule is CCOC(=O)/C(C(N)=S)=C1\NN=C([C@H](O)c2ccccc2)O1. The van der Waals surface area contributed by atoms with Crippen molar-refractivity contribution in [3.8, 4) is 0 Å². The van der Waals surface area contributed by atoms with Gasteiger partial charge in [0.25, 0.3) is 0 Å². The Morgan fingerprint density at radius 3 is 2.77 bits per heavy atom. The van der Waals surface area contributed by atoms with Crippen molar-refractivity contribution in [3.63, 3.8) is 0 Å². The van der Waals surface area contributed by atoms with Gasteiger partial charge in [-0.2, -0.15) is 0 Å². The molecule has 116 valence electrons. The average molecular weight is 321 g/mol. The van der Waals surface area contributed by atoms with Gasteiger partial charge in [-0.25, -0.2) is 10.2 Å². The number of nitrogens with two attached hydrogens (primary N) is 1. The number of carbonyl (C=O) groups excluding carboxylic acids is 1. The quantitative estimate of drug-likeness (QED) is 0.417. The summed E-state index contributed by atoms with van der Waals surface area (Å²) in [6.07, 6.45) is -1.08. The molecule has 0 saturated heterocycles. The van der Waals surface area contributed by atoms with Crippen molar-refractivity contribution in [3.05, 3.63) is 47.4 Å². The van der Waals surface area contributed by atoms with Crippen molar-refractivity contribution < 1.29 is 19.4 Å². The fourth-order valence-corrected chi connectivity index (χ4v) is 1.94. The molecule has 1 aromatic carbocycles. The van der Waals surface area contributed by atoms with Crippen LogP contribution in [0.1, 0.15) is 18.6 Å². The maximum Gasteiger partial charge on any atom is 0.346 e. The molecule has 0 saturated carbocycles. The zero-order chi connectivity index (χ0) is 16.1. The van der Waals surface area contributed by atoms with E-state index in [9.17, 15) is 9.90 Å². The first-order valence-electron chi connectivity index (χ1n) is 6.50. The average Bonchev–Trinajstić information content (AvgIpc) is 2.97. The number of hydrogen-bond donors (Lipinski definition) is 3. The molecule has 0 fully saturated rings. The Hall–Kier alpha value is -2.45. The van der Waals surface area contributed by atoms with Crippen molar-refractivity contribution in [2.24, 2.45) is 10.8 Å². The summed E-state index contributed by atoms with van der Waals surface area (Å²) < 4.78 is 10.2. The molecule has 8 heteroatoms. The summed E-state index contributed by atoms with van der Waals surface area (Å²) in [7, 11) is 0. The van der Waals surface area contributed by atoms with Gasteiger partial charge in [0.1, 0.15) is 4.99 Å². The summed E-state index contributed by atoms with van der Waals surface area (Å²) in [4.78, 5) is 11.6. The number of aliphatic hydroxyl groups excluding tert-OH is 1. The van der Waals surface area contributed by atoms with Crippen LogP contribution in [0.4, 0.5) is 0 Å². The van der Waals surface area contributed by atoms with Crippen LogP contribution in [-0.2, 0) is 14.3 Å². The summed E-state index contributed by atoms with van der Waals surface area (Å²) in [5, 5.41) is 14.1. The Kier molecular flexibility index (Phi) is 5.08. The van der Waals surface area contributed by atoms with Crippen LogP contribution in [0.5, 0.6) is 0 Å². The number of nitrogens with one attached hydrogen (secondary N) is 1. The normalized spacial score (nSPS) is 16.9. The topological polar surface area (TPSA) is 106 Å². The van der Waals surface area contributed by atoms with Gasteiger partial charge in [0, 0.05) is 0 Å². The summed E-state index contributed by atoms with van der Waals surface area (Å²) in [5.74, 6) is -0.793. The fourth-order valence-electron chi connectivity index (χ4n) is 1.77. The molecule has 1 heterocycles. The van der Waals surface area contributed by atoms with E-state index in [1.807, 2.05) is 6.07 Å². The molecule has 0 spiro atoms. The van der Waals surface area contributed by atoms with Crippen LogP contribution in [0.15, 0.2) is 46.9 Å². The third-order valence-electron chi connectivity index (χ3n) is 2.78. The number of hydrogen-bond acceptors (Lipinski definition) is 7. The zero-order valence-electron chi connectivity index (χ0n) is 11.8. The van der Waals surface area contributed by atoms with Gasteiger partial charge in [-0.3, -0.25) is 0 Å². The molecule has 0 aliphatic carbocycles. The molecule has 0 bridgehead atoms. The number of rotatable bonds is 5. The lowest BCUT2D eigenvalue weighted by Crippen LogP contribution is -2.26. The highest BCUT2D eigenvalue weighted by molar-refractivity contribution is 7.80. The largest absolute Gasteiger partial charge is 0.462 e. The molecule has 7 nitrogen and oxygen atoms in total. The molecular weight excluding hydrogens is 306 g/mol. The molecular formula is C14H15N3O4S. The summed E-state index contributed by atoms with van der Waals surface area (Å²) >= 11 is 4.83. The molecule has 1 aliphatic heterocycles. The van der Waals surface area contributed by atoms with E-state index in [2.05, 4.69) is 10.5 Å². The van der Waals surface area contributed by atoms with E-state index < -0.39 is 12.1 Å². The molecule has 0 unspecified atom stereocenters. The summed E-state index contributed by atoms with van der Waals surface area (Å²) in [6.45, 7) is 1.82. The van der Waals surface area contributed by atoms with E-state index in [1.165, 1.54) is 0 Å². The Labute approximate surface area is 132 Å². The number of ether oxygens (including phenoxy) is 2. The van der Waals surface area contributed by atoms with Crippen LogP contribution in [0.25, 0.3) is 0 Å². The fraction of sp³-hybridized carbons (Fsp3) is 0.214. The third kappa shape index (κ3) is 3.41. The number of hydrazone groups is 1. The minimum Gasteiger partial charge on any atom is -0.462 e. The first kappa shape index (κ1) is 15.9. The highest BCUT2D eigenvalue weighted by Crippen LogP contribution is 2.21. The van der Waals surface area contributed by atoms with Gasteiger partial charge < -0.3 is 20.3 Å². The molecule has 1 aromatic rings. The van der Waals surface area contributed by atoms with Crippen LogP contribution < -0.4 is 11.2 Å². The molecule has 0 radical (unpaired) electrons. The minimum atomic E-state index is -1.08. The zero-order valence-corrected chi connectivity index (χ0v) is 12.6. The smallest absolute Gasteiger partial charge is 0.346 e. The Bertz CT molecular complexity index is 643. The predicted molar refractivity (Wildman–Crippen MR) is 83.5 cm³/mol. The van der Waals surface area contributed by atoms with E-state index in [-0.39, 0.29) is 28.9 Å². The molecule has 2 rings (SSSR count). The first-order valence-corrected chi connectivity index (χ1v) is 6.91. The van der Waals surface area contributed by atoms with Crippen molar-refractivity contribution >= 4 is 29.1 Å². The molecule has 1 atom stereocenters. The third-order valence-corrected chi connectivity index (χ3v) is 2.98. The second-order valence-corrected chi connectivity index (χ2v) is 4.71. The van der Waals surface area contributed by atoms with Gasteiger partial charge in [0.15, 0.2) is 11.7 Å². The second kappa shape index (κ2) is 7.01. The van der Waals surface area contributed by atoms with Gasteiger partial charge in [0.2, 0.25) is 11.8 Å². The van der Waals surface area contributed by atoms with Crippen LogP contribution in [0.3, 0.4) is 0 Å². The standard InChI is InChI=1S/C14H15N3O4S/c1-2-20-14(19)9(11(15)22)12-16-17-13(21-12)10(18)8-6-4-3-5-7-8/h3-7,10,16,18H,2H2,1H3,(H2,15,22)/b12-9+/t10-/m1/s1. The Morgan fingerprint density at radius 2 is 2.18 bits per heavy atom. The highest BCUT2D eigenvalue weighted by Gasteiger charge is 2.29. The number of carbonyl (C=O) groups is 1. The van der Waals surface area contributed by atoms with Crippen molar-refractivity contribution in [2.45, 2.75) is 13.0 Å². The number of aliphatic hydroxyl groups is 1. The van der Waals surface area contributed by atoms with Crippen LogP contribution in [-0.4, -0.2) is 28.6 Å². The van der Waals surface area contributed by atoms with Gasteiger partial charge in [-0.15, -0.1) is 5.10 Å². The monoisotopic (exact) mass is 321 g/mol. The molecule has 0 amide bonds. The maximum atomic E-state index is 11.8. The molecule has 1 aliphatic rings. The number of benzene rings is 1. The lowest BCUT2D eigenvalue weighted by atomic mass is 10.1. The first-order chi connectivity index (χ1) is 10.5. The van der Waals surface area contributed by atoms with E-state index in [0.717, 1.165) is 0 Å². The summed E-state index contributed by atoms with van der Waals surface area (Å²) in [6, 6.07) is 8.81. The van der Waals surface area contributed by atoms with Crippen molar-refractivity contribution in [1.29, 1.82) is 0 Å². The van der Waals surface area contributed by atoms with Crippen molar-refractivity contribution in [2.75, 3.05) is 6.61 Å². The van der Waals surface area contributed by atoms with Crippen LogP contribution >= 0.6 is 12.2 Å². The second-order valence-electron chi connectivity index (χ2n) is 4.27. The highest BCUT2D eigenvalue weighted by atomic mass is 32.1. The van der Waals surface area contributed by atoms with E-state index in [4.69, 9.17) is 27.4 Å². The minimum absolute atomic E-state index is 0.0146. The summed E-state index contributed by atoms with van der Waals surface area (Å²) in [5.41, 5.74) is 8.48. The Morgan fingerprint density at radius 1 is 1.50 bits per heavy atom. The van der Waals surface area contributed by atoms with Gasteiger partial charge in [-0.1, -0.05) is 42.5 Å². The van der Waals surface area contributed by atoms with E-state index >= 15 is 0 Å². The van der Waals surface area contributed by atoms with Crippen LogP contribution in [0, 0.1) is 0 Å². The van der Waals surface area contributed by atoms with E-state index in [0.29, 0.717) is 5.56 Å². The maximum absolute atomic E-state index is 11.8. The number of nitrogens with zero attached hydrogens (tertiary/aromatic N) is 1. The Balaban J connectivity index is 2.20. The number of thiocarbonyl (C=S) groups is 1. The number of esters is 1. The van der Waals surface area contributed by atoms with E-state index in [1.54, 1.807) is 31.2 Å². The predicted octanol–water partition coefficient (Wildman–Crippen LogP) is 0.714. The molecule has 0 aromatic heterocycles. The van der Waals surface area contributed by atoms with Gasteiger partial charge in [-0.05, 0) is 12.5 Å². The van der Waals surface area contributed by atoms with Crippen LogP contribution in [0.2, 0.25) is 0 Å². The lowest BCUT2D eigenvalue weighted by molar-refractivity contribution is -0.138. The molecule has 4 N–H and O–H groups in total.